The molecule has 0 spiro atoms. The number of esters is 1. The number of carbonyl (C=O) groups is 3. The summed E-state index contributed by atoms with van der Waals surface area (Å²) in [6.07, 6.45) is 1.54. The molecule has 0 radical (unpaired) electrons. The molecule has 0 saturated heterocycles. The molecule has 0 saturated carbocycles. The number of methoxy groups -OCH3 is 1. The molecule has 0 aliphatic carbocycles. The maximum atomic E-state index is 12.9. The lowest BCUT2D eigenvalue weighted by atomic mass is 10.1. The van der Waals surface area contributed by atoms with Gasteiger partial charge in [-0.1, -0.05) is 36.4 Å². The predicted octanol–water partition coefficient (Wildman–Crippen LogP) is 3.23. The Morgan fingerprint density at radius 1 is 1.00 bits per heavy atom. The van der Waals surface area contributed by atoms with Gasteiger partial charge in [0.1, 0.15) is 17.0 Å². The standard InChI is InChI=1S/C24H20N4O5S/c1-32-18-10-5-7-16(13-18)22-19(14-28(27-22)17-8-3-2-4-9-17)24(31)33-15-21(29)25-26-23(30)20-11-6-12-34-20/h2-14H,15H2,1H3,(H,25,29)(H,26,30). The van der Waals surface area contributed by atoms with E-state index in [9.17, 15) is 14.4 Å². The molecule has 4 rings (SSSR count). The van der Waals surface area contributed by atoms with E-state index in [4.69, 9.17) is 9.47 Å². The highest BCUT2D eigenvalue weighted by Gasteiger charge is 2.21. The molecule has 2 aromatic carbocycles. The molecule has 2 N–H and O–H groups in total. The van der Waals surface area contributed by atoms with Crippen molar-refractivity contribution in [3.8, 4) is 22.7 Å². The van der Waals surface area contributed by atoms with Crippen LogP contribution in [0.25, 0.3) is 16.9 Å². The summed E-state index contributed by atoms with van der Waals surface area (Å²) in [4.78, 5) is 37.3. The first kappa shape index (κ1) is 22.7. The number of thiophene rings is 1. The Morgan fingerprint density at radius 2 is 1.82 bits per heavy atom. The van der Waals surface area contributed by atoms with Gasteiger partial charge in [-0.2, -0.15) is 5.10 Å². The molecule has 0 aliphatic rings. The molecule has 0 unspecified atom stereocenters. The van der Waals surface area contributed by atoms with Crippen LogP contribution in [0, 0.1) is 0 Å². The van der Waals surface area contributed by atoms with Gasteiger partial charge in [0.2, 0.25) is 0 Å². The third-order valence-electron chi connectivity index (χ3n) is 4.69. The summed E-state index contributed by atoms with van der Waals surface area (Å²) in [5, 5.41) is 6.31. The lowest BCUT2D eigenvalue weighted by Gasteiger charge is -2.08. The van der Waals surface area contributed by atoms with Crippen LogP contribution in [0.5, 0.6) is 5.75 Å². The predicted molar refractivity (Wildman–Crippen MR) is 126 cm³/mol. The van der Waals surface area contributed by atoms with Crippen molar-refractivity contribution in [3.05, 3.63) is 88.7 Å². The first-order chi connectivity index (χ1) is 16.5. The van der Waals surface area contributed by atoms with E-state index in [0.717, 1.165) is 5.69 Å². The maximum absolute atomic E-state index is 12.9. The van der Waals surface area contributed by atoms with E-state index in [-0.39, 0.29) is 5.56 Å². The summed E-state index contributed by atoms with van der Waals surface area (Å²) in [6.45, 7) is -0.586. The van der Waals surface area contributed by atoms with Crippen LogP contribution in [0.15, 0.2) is 78.3 Å². The third-order valence-corrected chi connectivity index (χ3v) is 5.56. The van der Waals surface area contributed by atoms with Gasteiger partial charge >= 0.3 is 5.97 Å². The molecule has 0 fully saturated rings. The number of hydrogen-bond acceptors (Lipinski definition) is 7. The zero-order valence-electron chi connectivity index (χ0n) is 18.1. The lowest BCUT2D eigenvalue weighted by molar-refractivity contribution is -0.125. The number of hydrogen-bond donors (Lipinski definition) is 2. The number of nitrogens with one attached hydrogen (secondary N) is 2. The van der Waals surface area contributed by atoms with Crippen molar-refractivity contribution in [2.75, 3.05) is 13.7 Å². The fourth-order valence-electron chi connectivity index (χ4n) is 3.06. The van der Waals surface area contributed by atoms with Crippen LogP contribution in [-0.4, -0.2) is 41.3 Å². The van der Waals surface area contributed by atoms with Gasteiger partial charge in [-0.25, -0.2) is 9.48 Å². The SMILES string of the molecule is COc1cccc(-c2nn(-c3ccccc3)cc2C(=O)OCC(=O)NNC(=O)c2cccs2)c1. The van der Waals surface area contributed by atoms with E-state index >= 15 is 0 Å². The van der Waals surface area contributed by atoms with Gasteiger partial charge in [-0.15, -0.1) is 11.3 Å². The number of benzene rings is 2. The van der Waals surface area contributed by atoms with Gasteiger partial charge in [-0.05, 0) is 35.7 Å². The van der Waals surface area contributed by atoms with Gasteiger partial charge in [0.15, 0.2) is 6.61 Å². The first-order valence-corrected chi connectivity index (χ1v) is 11.0. The van der Waals surface area contributed by atoms with E-state index in [1.807, 2.05) is 30.3 Å². The van der Waals surface area contributed by atoms with Crippen molar-refractivity contribution >= 4 is 29.1 Å². The molecule has 34 heavy (non-hydrogen) atoms. The lowest BCUT2D eigenvalue weighted by Crippen LogP contribution is -2.43. The molecule has 10 heteroatoms. The number of aromatic nitrogens is 2. The monoisotopic (exact) mass is 476 g/mol. The summed E-state index contributed by atoms with van der Waals surface area (Å²) >= 11 is 1.23. The molecule has 2 amide bonds. The Balaban J connectivity index is 1.50. The van der Waals surface area contributed by atoms with Crippen LogP contribution in [0.4, 0.5) is 0 Å². The Labute approximate surface area is 198 Å². The van der Waals surface area contributed by atoms with Crippen molar-refractivity contribution in [1.29, 1.82) is 0 Å². The number of amides is 2. The maximum Gasteiger partial charge on any atom is 0.342 e. The van der Waals surface area contributed by atoms with Crippen LogP contribution in [0.2, 0.25) is 0 Å². The van der Waals surface area contributed by atoms with E-state index in [1.54, 1.807) is 59.8 Å². The molecule has 2 aromatic heterocycles. The number of rotatable bonds is 7. The highest BCUT2D eigenvalue weighted by atomic mass is 32.1. The van der Waals surface area contributed by atoms with E-state index < -0.39 is 24.4 Å². The topological polar surface area (TPSA) is 112 Å². The Bertz CT molecular complexity index is 1300. The zero-order valence-corrected chi connectivity index (χ0v) is 18.9. The van der Waals surface area contributed by atoms with Crippen molar-refractivity contribution in [2.24, 2.45) is 0 Å². The molecular formula is C24H20N4O5S. The van der Waals surface area contributed by atoms with Gasteiger partial charge in [0.25, 0.3) is 11.8 Å². The summed E-state index contributed by atoms with van der Waals surface area (Å²) < 4.78 is 12.0. The second-order valence-corrected chi connectivity index (χ2v) is 7.91. The highest BCUT2D eigenvalue weighted by Crippen LogP contribution is 2.27. The van der Waals surface area contributed by atoms with Gasteiger partial charge < -0.3 is 9.47 Å². The Kier molecular flexibility index (Phi) is 6.99. The van der Waals surface area contributed by atoms with Crippen molar-refractivity contribution in [3.63, 3.8) is 0 Å². The van der Waals surface area contributed by atoms with Crippen LogP contribution >= 0.6 is 11.3 Å². The average Bonchev–Trinajstić information content (AvgIpc) is 3.57. The van der Waals surface area contributed by atoms with E-state index in [0.29, 0.717) is 21.9 Å². The van der Waals surface area contributed by atoms with Crippen LogP contribution in [0.1, 0.15) is 20.0 Å². The molecule has 172 valence electrons. The van der Waals surface area contributed by atoms with Crippen molar-refractivity contribution in [2.45, 2.75) is 0 Å². The third kappa shape index (κ3) is 5.30. The fourth-order valence-corrected chi connectivity index (χ4v) is 3.68. The molecule has 0 aliphatic heterocycles. The number of nitrogens with zero attached hydrogens (tertiary/aromatic N) is 2. The molecule has 0 bridgehead atoms. The molecule has 4 aromatic rings. The van der Waals surface area contributed by atoms with Crippen LogP contribution in [0.3, 0.4) is 0 Å². The zero-order chi connectivity index (χ0) is 23.9. The van der Waals surface area contributed by atoms with Crippen LogP contribution < -0.4 is 15.6 Å². The van der Waals surface area contributed by atoms with Crippen LogP contribution in [-0.2, 0) is 9.53 Å². The Morgan fingerprint density at radius 3 is 2.56 bits per heavy atom. The summed E-state index contributed by atoms with van der Waals surface area (Å²) in [5.74, 6) is -1.28. The summed E-state index contributed by atoms with van der Waals surface area (Å²) in [7, 11) is 1.55. The van der Waals surface area contributed by atoms with E-state index in [2.05, 4.69) is 16.0 Å². The van der Waals surface area contributed by atoms with Gasteiger partial charge in [0.05, 0.1) is 17.7 Å². The normalized spacial score (nSPS) is 10.4. The number of hydrazine groups is 1. The summed E-state index contributed by atoms with van der Waals surface area (Å²) in [5.41, 5.74) is 6.44. The van der Waals surface area contributed by atoms with Crippen molar-refractivity contribution in [1.82, 2.24) is 20.6 Å². The first-order valence-electron chi connectivity index (χ1n) is 10.1. The molecule has 0 atom stereocenters. The minimum Gasteiger partial charge on any atom is -0.497 e. The van der Waals surface area contributed by atoms with Gasteiger partial charge in [0, 0.05) is 11.8 Å². The second kappa shape index (κ2) is 10.5. The largest absolute Gasteiger partial charge is 0.497 e. The molecule has 2 heterocycles. The quantitative estimate of drug-likeness (QED) is 0.313. The fraction of sp³-hybridized carbons (Fsp3) is 0.0833. The second-order valence-electron chi connectivity index (χ2n) is 6.96. The molecule has 9 nitrogen and oxygen atoms in total. The van der Waals surface area contributed by atoms with Gasteiger partial charge in [-0.3, -0.25) is 20.4 Å². The summed E-state index contributed by atoms with van der Waals surface area (Å²) in [6, 6.07) is 19.7. The smallest absolute Gasteiger partial charge is 0.342 e. The number of ether oxygens (including phenoxy) is 2. The number of para-hydroxylation sites is 1. The van der Waals surface area contributed by atoms with Crippen molar-refractivity contribution < 1.29 is 23.9 Å². The highest BCUT2D eigenvalue weighted by molar-refractivity contribution is 7.12. The average molecular weight is 477 g/mol. The Hall–Kier alpha value is -4.44. The number of carbonyl (C=O) groups excluding carboxylic acids is 3. The minimum atomic E-state index is -0.736. The molecular weight excluding hydrogens is 456 g/mol. The van der Waals surface area contributed by atoms with E-state index in [1.165, 1.54) is 11.3 Å². The minimum absolute atomic E-state index is 0.174.